The molecule has 0 N–H and O–H groups in total. The summed E-state index contributed by atoms with van der Waals surface area (Å²) in [6.07, 6.45) is -50.4. The molecule has 0 aliphatic rings. The second-order valence-electron chi connectivity index (χ2n) is 19.2. The molecule has 440 valence electrons. The quantitative estimate of drug-likeness (QED) is 0.0648. The zero-order chi connectivity index (χ0) is 62.0. The van der Waals surface area contributed by atoms with E-state index in [9.17, 15) is 105 Å². The molecular formula is C58H32BF24N. The van der Waals surface area contributed by atoms with Gasteiger partial charge < -0.3 is 0 Å². The molecule has 1 nitrogen and oxygen atoms in total. The van der Waals surface area contributed by atoms with Gasteiger partial charge >= 0.3 is 49.4 Å². The van der Waals surface area contributed by atoms with Gasteiger partial charge in [0.15, 0.2) is 18.9 Å². The van der Waals surface area contributed by atoms with Gasteiger partial charge in [-0.05, 0) is 63.0 Å². The molecule has 0 saturated heterocycles. The molecule has 0 aliphatic carbocycles. The number of hydrogen-bond acceptors (Lipinski definition) is 0. The average Bonchev–Trinajstić information content (AvgIpc) is 0.753. The number of hydrogen-bond donors (Lipinski definition) is 0. The van der Waals surface area contributed by atoms with Gasteiger partial charge in [0.2, 0.25) is 0 Å². The van der Waals surface area contributed by atoms with E-state index in [1.54, 1.807) is 0 Å². The lowest BCUT2D eigenvalue weighted by molar-refractivity contribution is -0.688. The molecule has 0 amide bonds. The van der Waals surface area contributed by atoms with Crippen molar-refractivity contribution in [1.29, 1.82) is 0 Å². The van der Waals surface area contributed by atoms with E-state index < -0.39 is 195 Å². The van der Waals surface area contributed by atoms with Gasteiger partial charge in [-0.2, -0.15) is 127 Å². The van der Waals surface area contributed by atoms with Crippen LogP contribution in [0.3, 0.4) is 0 Å². The van der Waals surface area contributed by atoms with E-state index >= 15 is 0 Å². The maximum atomic E-state index is 14.2. The molecule has 84 heavy (non-hydrogen) atoms. The van der Waals surface area contributed by atoms with Gasteiger partial charge in [0.25, 0.3) is 0 Å². The van der Waals surface area contributed by atoms with Crippen molar-refractivity contribution in [3.63, 3.8) is 0 Å². The molecule has 0 saturated carbocycles. The minimum atomic E-state index is -6.13. The molecular weight excluding hydrogens is 1180 g/mol. The average molecular weight is 1210 g/mol. The number of aromatic nitrogens is 1. The zero-order valence-electron chi connectivity index (χ0n) is 41.6. The Kier molecular flexibility index (Phi) is 16.0. The normalized spacial score (nSPS) is 13.3. The van der Waals surface area contributed by atoms with E-state index in [0.717, 1.165) is 6.54 Å². The summed E-state index contributed by atoms with van der Waals surface area (Å²) in [5.74, 6) is 0. The van der Waals surface area contributed by atoms with Crippen LogP contribution >= 0.6 is 0 Å². The van der Waals surface area contributed by atoms with Gasteiger partial charge in [-0.3, -0.25) is 0 Å². The topological polar surface area (TPSA) is 3.88 Å². The van der Waals surface area contributed by atoms with Gasteiger partial charge in [0.05, 0.1) is 44.5 Å². The summed E-state index contributed by atoms with van der Waals surface area (Å²) in [4.78, 5) is 0. The minimum absolute atomic E-state index is 0.691. The molecule has 0 fully saturated rings. The molecule has 0 atom stereocenters. The molecule has 0 unspecified atom stereocenters. The number of alkyl halides is 24. The third-order valence-electron chi connectivity index (χ3n) is 13.6. The van der Waals surface area contributed by atoms with Crippen molar-refractivity contribution in [3.8, 4) is 11.1 Å². The molecule has 8 aromatic carbocycles. The molecule has 0 bridgehead atoms. The summed E-state index contributed by atoms with van der Waals surface area (Å²) >= 11 is 0. The third-order valence-corrected chi connectivity index (χ3v) is 13.6. The maximum Gasteiger partial charge on any atom is 0.416 e. The standard InChI is InChI=1S/C32H12BF24.C26H20N/c34-25(35,36)13-1-14(26(37,38)39)6-21(5-13)33(22-7-15(27(40,41)42)2-16(8-22)28(43,44)45,23-9-17(29(46,47)48)3-18(10-23)30(49,50)51)24-11-19(31(52,53)54)4-20(12-24)32(55,56)57;1-2-8-20(9-3-1)19-27-16-14-21(15-17-27)26-24-12-6-4-10-22(24)18-23-11-5-7-13-25(23)26/h1-12H;1-18H,19H2/q-1;+1. The highest BCUT2D eigenvalue weighted by Crippen LogP contribution is 2.42. The number of halogens is 24. The fraction of sp³-hybridized carbons (Fsp3) is 0.155. The smallest absolute Gasteiger partial charge is 0.201 e. The Hall–Kier alpha value is -8.19. The number of nitrogens with zero attached hydrogens (tertiary/aromatic N) is 1. The van der Waals surface area contributed by atoms with Crippen molar-refractivity contribution in [1.82, 2.24) is 0 Å². The Bertz CT molecular complexity index is 3370. The first-order valence-electron chi connectivity index (χ1n) is 23.9. The first kappa shape index (κ1) is 61.9. The van der Waals surface area contributed by atoms with Gasteiger partial charge in [-0.15, -0.1) is 0 Å². The van der Waals surface area contributed by atoms with Crippen molar-refractivity contribution in [2.75, 3.05) is 0 Å². The van der Waals surface area contributed by atoms with Crippen LogP contribution in [0.25, 0.3) is 32.7 Å². The molecule has 9 aromatic rings. The van der Waals surface area contributed by atoms with Crippen LogP contribution in [0.1, 0.15) is 50.1 Å². The summed E-state index contributed by atoms with van der Waals surface area (Å²) in [5, 5.41) is 5.17. The Balaban J connectivity index is 0.000000280. The van der Waals surface area contributed by atoms with Crippen LogP contribution < -0.4 is 26.4 Å². The molecule has 1 heterocycles. The Labute approximate surface area is 457 Å². The van der Waals surface area contributed by atoms with Crippen LogP contribution in [0.2, 0.25) is 0 Å². The minimum Gasteiger partial charge on any atom is -0.201 e. The van der Waals surface area contributed by atoms with E-state index in [-0.39, 0.29) is 0 Å². The van der Waals surface area contributed by atoms with E-state index in [1.807, 2.05) is 0 Å². The van der Waals surface area contributed by atoms with E-state index in [1.165, 1.54) is 38.2 Å². The van der Waals surface area contributed by atoms with Crippen molar-refractivity contribution >= 4 is 49.5 Å². The Morgan fingerprint density at radius 2 is 0.524 bits per heavy atom. The van der Waals surface area contributed by atoms with Crippen LogP contribution in [0.15, 0.2) is 182 Å². The molecule has 26 heteroatoms. The summed E-state index contributed by atoms with van der Waals surface area (Å²) in [6.45, 7) is 0.886. The molecule has 0 spiro atoms. The first-order valence-corrected chi connectivity index (χ1v) is 23.9. The zero-order valence-corrected chi connectivity index (χ0v) is 41.6. The fourth-order valence-electron chi connectivity index (χ4n) is 9.92. The molecule has 0 radical (unpaired) electrons. The SMILES string of the molecule is FC(F)(F)c1cc([B-](c2cc(C(F)(F)F)cc(C(F)(F)F)c2)(c2cc(C(F)(F)F)cc(C(F)(F)F)c2)c2cc(C(F)(F)F)cc(C(F)(F)F)c2)cc(C(F)(F)F)c1.c1ccc(C[n+]2ccc(-c3c4ccccc4cc4ccccc34)cc2)cc1. The number of benzene rings is 8. The van der Waals surface area contributed by atoms with Crippen LogP contribution in [-0.2, 0) is 56.0 Å². The maximum absolute atomic E-state index is 14.2. The highest BCUT2D eigenvalue weighted by molar-refractivity contribution is 7.20. The van der Waals surface area contributed by atoms with Gasteiger partial charge in [-0.25, -0.2) is 4.57 Å². The van der Waals surface area contributed by atoms with Crippen molar-refractivity contribution < 1.29 is 110 Å². The van der Waals surface area contributed by atoms with E-state index in [4.69, 9.17) is 0 Å². The second kappa shape index (κ2) is 21.8. The first-order chi connectivity index (χ1) is 38.6. The summed E-state index contributed by atoms with van der Waals surface area (Å²) in [7, 11) is 0. The number of rotatable bonds is 7. The highest BCUT2D eigenvalue weighted by Gasteiger charge is 2.47. The lowest BCUT2D eigenvalue weighted by atomic mass is 9.12. The molecule has 9 rings (SSSR count). The van der Waals surface area contributed by atoms with Gasteiger partial charge in [0.1, 0.15) is 6.15 Å². The van der Waals surface area contributed by atoms with Crippen LogP contribution in [0.5, 0.6) is 0 Å². The van der Waals surface area contributed by atoms with Gasteiger partial charge in [-0.1, -0.05) is 127 Å². The highest BCUT2D eigenvalue weighted by atomic mass is 19.4. The number of fused-ring (bicyclic) bond motifs is 2. The monoisotopic (exact) mass is 1210 g/mol. The lowest BCUT2D eigenvalue weighted by Crippen LogP contribution is -2.75. The van der Waals surface area contributed by atoms with E-state index in [0.29, 0.717) is 0 Å². The predicted molar refractivity (Wildman–Crippen MR) is 263 cm³/mol. The van der Waals surface area contributed by atoms with Gasteiger partial charge in [0, 0.05) is 17.7 Å². The summed E-state index contributed by atoms with van der Waals surface area (Å²) in [5.41, 5.74) is -26.3. The lowest BCUT2D eigenvalue weighted by Gasteiger charge is -2.46. The Morgan fingerprint density at radius 3 is 0.786 bits per heavy atom. The summed E-state index contributed by atoms with van der Waals surface area (Å²) < 4.78 is 343. The third kappa shape index (κ3) is 13.3. The van der Waals surface area contributed by atoms with E-state index in [2.05, 4.69) is 114 Å². The van der Waals surface area contributed by atoms with Crippen molar-refractivity contribution in [2.45, 2.75) is 56.0 Å². The molecule has 0 aliphatic heterocycles. The van der Waals surface area contributed by atoms with Crippen molar-refractivity contribution in [2.24, 2.45) is 0 Å². The van der Waals surface area contributed by atoms with Crippen LogP contribution in [0, 0.1) is 0 Å². The summed E-state index contributed by atoms with van der Waals surface area (Å²) in [6, 6.07) is 25.8. The predicted octanol–water partition coefficient (Wildman–Crippen LogP) is 17.2. The number of pyridine rings is 1. The van der Waals surface area contributed by atoms with Crippen molar-refractivity contribution in [3.05, 3.63) is 232 Å². The molecule has 1 aromatic heterocycles. The Morgan fingerprint density at radius 1 is 0.274 bits per heavy atom. The fourth-order valence-corrected chi connectivity index (χ4v) is 9.92. The van der Waals surface area contributed by atoms with Crippen LogP contribution in [-0.4, -0.2) is 6.15 Å². The van der Waals surface area contributed by atoms with Crippen LogP contribution in [0.4, 0.5) is 105 Å². The largest absolute Gasteiger partial charge is 0.416 e. The second-order valence-corrected chi connectivity index (χ2v) is 19.2.